The number of rotatable bonds is 10. The normalized spacial score (nSPS) is 14.0. The number of ether oxygens (including phenoxy) is 1. The maximum atomic E-state index is 11.5. The van der Waals surface area contributed by atoms with Crippen LogP contribution in [0.15, 0.2) is 23.9 Å². The summed E-state index contributed by atoms with van der Waals surface area (Å²) in [6.07, 6.45) is 1.79. The van der Waals surface area contributed by atoms with Crippen LogP contribution in [0.3, 0.4) is 0 Å². The smallest absolute Gasteiger partial charge is 0.458 e. The minimum absolute atomic E-state index is 0.152. The van der Waals surface area contributed by atoms with E-state index in [9.17, 15) is 4.79 Å². The summed E-state index contributed by atoms with van der Waals surface area (Å²) in [6.45, 7) is 24.5. The molecule has 0 aliphatic rings. The molecule has 25 heavy (non-hydrogen) atoms. The van der Waals surface area contributed by atoms with Crippen LogP contribution in [0, 0.1) is 0 Å². The summed E-state index contributed by atoms with van der Waals surface area (Å²) in [5.74, 6) is -0.403. The molecule has 0 saturated carbocycles. The van der Waals surface area contributed by atoms with Crippen LogP contribution in [-0.4, -0.2) is 46.3 Å². The van der Waals surface area contributed by atoms with E-state index in [1.165, 1.54) is 0 Å². The SMILES string of the molecule is C=C(C)C(=O)OC/C=C/[Si](O[Si](C)(C)C)(O[Si](C)(C)C)O[Si](C)(C)C. The lowest BCUT2D eigenvalue weighted by atomic mass is 10.4. The first kappa shape index (κ1) is 24.7. The summed E-state index contributed by atoms with van der Waals surface area (Å²) in [6, 6.07) is 0. The highest BCUT2D eigenvalue weighted by atomic mass is 28.5. The van der Waals surface area contributed by atoms with Gasteiger partial charge in [-0.3, -0.25) is 0 Å². The van der Waals surface area contributed by atoms with E-state index in [4.69, 9.17) is 17.1 Å². The predicted molar refractivity (Wildman–Crippen MR) is 114 cm³/mol. The zero-order valence-electron chi connectivity index (χ0n) is 17.6. The van der Waals surface area contributed by atoms with E-state index in [1.54, 1.807) is 13.0 Å². The topological polar surface area (TPSA) is 54.0 Å². The van der Waals surface area contributed by atoms with Crippen LogP contribution in [-0.2, 0) is 21.9 Å². The van der Waals surface area contributed by atoms with Crippen LogP contribution in [0.25, 0.3) is 0 Å². The van der Waals surface area contributed by atoms with Gasteiger partial charge < -0.3 is 17.1 Å². The standard InChI is InChI=1S/C16H36O5Si4/c1-15(2)16(17)18-13-12-14-25(19-22(3,4)5,20-23(6,7)8)21-24(9,10)11/h12,14H,1,13H2,2-11H3/b14-12+. The Labute approximate surface area is 158 Å². The van der Waals surface area contributed by atoms with E-state index in [-0.39, 0.29) is 6.61 Å². The molecule has 0 atom stereocenters. The summed E-state index contributed by atoms with van der Waals surface area (Å²) in [5.41, 5.74) is 2.28. The van der Waals surface area contributed by atoms with Gasteiger partial charge in [-0.1, -0.05) is 6.58 Å². The lowest BCUT2D eigenvalue weighted by molar-refractivity contribution is -0.137. The first-order valence-electron chi connectivity index (χ1n) is 8.56. The van der Waals surface area contributed by atoms with Crippen LogP contribution in [0.5, 0.6) is 0 Å². The first-order chi connectivity index (χ1) is 10.9. The molecule has 0 aromatic carbocycles. The van der Waals surface area contributed by atoms with Gasteiger partial charge in [-0.15, -0.1) is 0 Å². The molecule has 0 aliphatic carbocycles. The molecule has 0 aromatic rings. The van der Waals surface area contributed by atoms with Gasteiger partial charge in [0.25, 0.3) is 0 Å². The first-order valence-corrected chi connectivity index (χ1v) is 20.6. The summed E-state index contributed by atoms with van der Waals surface area (Å²) < 4.78 is 24.6. The Morgan fingerprint density at radius 2 is 1.20 bits per heavy atom. The van der Waals surface area contributed by atoms with Gasteiger partial charge in [-0.25, -0.2) is 4.79 Å². The number of hydrogen-bond donors (Lipinski definition) is 0. The molecule has 0 aliphatic heterocycles. The fourth-order valence-corrected chi connectivity index (χ4v) is 15.0. The molecular weight excluding hydrogens is 385 g/mol. The van der Waals surface area contributed by atoms with E-state index in [1.807, 2.05) is 5.70 Å². The minimum atomic E-state index is -3.01. The predicted octanol–water partition coefficient (Wildman–Crippen LogP) is 4.69. The Bertz CT molecular complexity index is 457. The van der Waals surface area contributed by atoms with Gasteiger partial charge in [-0.2, -0.15) is 0 Å². The monoisotopic (exact) mass is 420 g/mol. The molecule has 146 valence electrons. The average Bonchev–Trinajstić information content (AvgIpc) is 2.27. The Morgan fingerprint density at radius 1 is 0.840 bits per heavy atom. The van der Waals surface area contributed by atoms with Gasteiger partial charge in [-0.05, 0) is 77.6 Å². The van der Waals surface area contributed by atoms with Gasteiger partial charge in [0.15, 0.2) is 25.0 Å². The molecular formula is C16H36O5Si4. The molecule has 0 bridgehead atoms. The van der Waals surface area contributed by atoms with Crippen molar-refractivity contribution in [1.82, 2.24) is 0 Å². The van der Waals surface area contributed by atoms with Crippen molar-refractivity contribution < 1.29 is 21.9 Å². The van der Waals surface area contributed by atoms with Crippen molar-refractivity contribution in [3.8, 4) is 0 Å². The molecule has 0 rings (SSSR count). The Kier molecular flexibility index (Phi) is 8.96. The lowest BCUT2D eigenvalue weighted by Gasteiger charge is -2.41. The third-order valence-corrected chi connectivity index (χ3v) is 13.7. The Morgan fingerprint density at radius 3 is 1.48 bits per heavy atom. The third-order valence-electron chi connectivity index (χ3n) is 2.33. The van der Waals surface area contributed by atoms with E-state index < -0.39 is 39.7 Å². The molecule has 0 spiro atoms. The molecule has 9 heteroatoms. The maximum Gasteiger partial charge on any atom is 0.497 e. The van der Waals surface area contributed by atoms with Crippen molar-refractivity contribution in [2.24, 2.45) is 0 Å². The van der Waals surface area contributed by atoms with Crippen LogP contribution >= 0.6 is 0 Å². The molecule has 0 heterocycles. The van der Waals surface area contributed by atoms with Crippen molar-refractivity contribution in [1.29, 1.82) is 0 Å². The van der Waals surface area contributed by atoms with Gasteiger partial charge in [0.05, 0.1) is 0 Å². The number of esters is 1. The molecule has 0 amide bonds. The highest BCUT2D eigenvalue weighted by Gasteiger charge is 2.48. The number of hydrogen-bond acceptors (Lipinski definition) is 5. The second kappa shape index (κ2) is 9.07. The zero-order chi connectivity index (χ0) is 20.1. The van der Waals surface area contributed by atoms with Crippen molar-refractivity contribution >= 4 is 39.7 Å². The van der Waals surface area contributed by atoms with Gasteiger partial charge in [0.1, 0.15) is 6.61 Å². The quantitative estimate of drug-likeness (QED) is 0.291. The molecule has 0 unspecified atom stereocenters. The van der Waals surface area contributed by atoms with Gasteiger partial charge >= 0.3 is 14.8 Å². The number of carbonyl (C=O) groups is 1. The van der Waals surface area contributed by atoms with E-state index >= 15 is 0 Å². The lowest BCUT2D eigenvalue weighted by Crippen LogP contribution is -2.59. The average molecular weight is 421 g/mol. The van der Waals surface area contributed by atoms with Crippen LogP contribution in [0.4, 0.5) is 0 Å². The van der Waals surface area contributed by atoms with E-state index in [0.717, 1.165) is 0 Å². The van der Waals surface area contributed by atoms with E-state index in [2.05, 4.69) is 65.5 Å². The van der Waals surface area contributed by atoms with E-state index in [0.29, 0.717) is 5.57 Å². The second-order valence-electron chi connectivity index (χ2n) is 9.03. The van der Waals surface area contributed by atoms with Crippen LogP contribution in [0.1, 0.15) is 6.92 Å². The molecule has 0 N–H and O–H groups in total. The number of carbonyl (C=O) groups excluding carboxylic acids is 1. The fraction of sp³-hybridized carbons (Fsp3) is 0.688. The molecule has 5 nitrogen and oxygen atoms in total. The van der Waals surface area contributed by atoms with Crippen LogP contribution in [0.2, 0.25) is 58.9 Å². The fourth-order valence-electron chi connectivity index (χ4n) is 1.88. The minimum Gasteiger partial charge on any atom is -0.458 e. The highest BCUT2D eigenvalue weighted by molar-refractivity contribution is 6.92. The molecule has 0 fully saturated rings. The van der Waals surface area contributed by atoms with Crippen molar-refractivity contribution in [3.05, 3.63) is 23.9 Å². The Hall–Kier alpha value is -0.302. The second-order valence-corrected chi connectivity index (χ2v) is 25.7. The molecule has 0 aromatic heterocycles. The summed E-state index contributed by atoms with van der Waals surface area (Å²) >= 11 is 0. The molecule has 0 saturated heterocycles. The van der Waals surface area contributed by atoms with Gasteiger partial charge in [0.2, 0.25) is 0 Å². The van der Waals surface area contributed by atoms with Crippen molar-refractivity contribution in [2.75, 3.05) is 6.61 Å². The zero-order valence-corrected chi connectivity index (χ0v) is 21.6. The summed E-state index contributed by atoms with van der Waals surface area (Å²) in [4.78, 5) is 11.5. The largest absolute Gasteiger partial charge is 0.497 e. The van der Waals surface area contributed by atoms with Crippen LogP contribution < -0.4 is 0 Å². The molecule has 0 radical (unpaired) electrons. The van der Waals surface area contributed by atoms with Crippen molar-refractivity contribution in [3.63, 3.8) is 0 Å². The highest BCUT2D eigenvalue weighted by Crippen LogP contribution is 2.26. The third kappa shape index (κ3) is 12.6. The van der Waals surface area contributed by atoms with Crippen molar-refractivity contribution in [2.45, 2.75) is 65.8 Å². The maximum absolute atomic E-state index is 11.5. The Balaban J connectivity index is 5.57. The summed E-state index contributed by atoms with van der Waals surface area (Å²) in [5, 5.41) is 0. The van der Waals surface area contributed by atoms with Gasteiger partial charge in [0, 0.05) is 5.57 Å². The summed E-state index contributed by atoms with van der Waals surface area (Å²) in [7, 11) is -8.74.